The maximum atomic E-state index is 13.8. The van der Waals surface area contributed by atoms with Crippen molar-refractivity contribution in [2.45, 2.75) is 6.92 Å². The first-order chi connectivity index (χ1) is 14.4. The van der Waals surface area contributed by atoms with Crippen molar-refractivity contribution < 1.29 is 9.18 Å². The minimum Gasteiger partial charge on any atom is -0.331 e. The smallest absolute Gasteiger partial charge is 0.260 e. The van der Waals surface area contributed by atoms with Crippen molar-refractivity contribution in [3.63, 3.8) is 0 Å². The summed E-state index contributed by atoms with van der Waals surface area (Å²) in [5.74, 6) is -1.29. The van der Waals surface area contributed by atoms with Gasteiger partial charge in [-0.2, -0.15) is 4.80 Å². The van der Waals surface area contributed by atoms with E-state index < -0.39 is 11.7 Å². The SMILES string of the molecule is Cc1ccc(-n2nc3cc(Cl)c(NC(=S)NC(=O)c4ccccc4F)cc3n2)cc1. The zero-order valence-corrected chi connectivity index (χ0v) is 17.3. The van der Waals surface area contributed by atoms with Crippen molar-refractivity contribution in [2.24, 2.45) is 0 Å². The number of carbonyl (C=O) groups excluding carboxylic acids is 1. The molecule has 0 aliphatic carbocycles. The Morgan fingerprint density at radius 3 is 2.43 bits per heavy atom. The first kappa shape index (κ1) is 19.9. The average molecular weight is 440 g/mol. The predicted molar refractivity (Wildman–Crippen MR) is 119 cm³/mol. The van der Waals surface area contributed by atoms with Gasteiger partial charge in [0.2, 0.25) is 0 Å². The molecule has 150 valence electrons. The first-order valence-electron chi connectivity index (χ1n) is 8.91. The fourth-order valence-electron chi connectivity index (χ4n) is 2.80. The van der Waals surface area contributed by atoms with Crippen LogP contribution >= 0.6 is 23.8 Å². The molecular weight excluding hydrogens is 425 g/mol. The molecule has 30 heavy (non-hydrogen) atoms. The van der Waals surface area contributed by atoms with Crippen LogP contribution in [0.25, 0.3) is 16.7 Å². The molecule has 6 nitrogen and oxygen atoms in total. The van der Waals surface area contributed by atoms with E-state index in [4.69, 9.17) is 23.8 Å². The van der Waals surface area contributed by atoms with Crippen molar-refractivity contribution in [1.29, 1.82) is 0 Å². The van der Waals surface area contributed by atoms with Crippen LogP contribution in [0.2, 0.25) is 5.02 Å². The van der Waals surface area contributed by atoms with Crippen LogP contribution in [-0.4, -0.2) is 26.0 Å². The van der Waals surface area contributed by atoms with E-state index in [2.05, 4.69) is 20.8 Å². The number of aryl methyl sites for hydroxylation is 1. The molecule has 0 saturated heterocycles. The van der Waals surface area contributed by atoms with E-state index in [0.29, 0.717) is 21.7 Å². The molecule has 0 atom stereocenters. The number of rotatable bonds is 3. The number of anilines is 1. The molecule has 1 heterocycles. The number of carbonyl (C=O) groups is 1. The van der Waals surface area contributed by atoms with Gasteiger partial charge in [0, 0.05) is 0 Å². The van der Waals surface area contributed by atoms with Gasteiger partial charge < -0.3 is 5.32 Å². The Labute approximate surface area is 181 Å². The third-order valence-corrected chi connectivity index (χ3v) is 4.84. The van der Waals surface area contributed by atoms with Crippen LogP contribution in [0, 0.1) is 12.7 Å². The molecule has 0 saturated carbocycles. The van der Waals surface area contributed by atoms with E-state index in [9.17, 15) is 9.18 Å². The lowest BCUT2D eigenvalue weighted by atomic mass is 10.2. The van der Waals surface area contributed by atoms with E-state index in [1.165, 1.54) is 23.0 Å². The topological polar surface area (TPSA) is 71.8 Å². The van der Waals surface area contributed by atoms with Gasteiger partial charge in [-0.15, -0.1) is 10.2 Å². The average Bonchev–Trinajstić information content (AvgIpc) is 3.11. The van der Waals surface area contributed by atoms with Gasteiger partial charge in [0.15, 0.2) is 5.11 Å². The summed E-state index contributed by atoms with van der Waals surface area (Å²) in [5, 5.41) is 14.5. The predicted octanol–water partition coefficient (Wildman–Crippen LogP) is 4.65. The highest BCUT2D eigenvalue weighted by molar-refractivity contribution is 7.80. The second-order valence-corrected chi connectivity index (χ2v) is 7.35. The number of fused-ring (bicyclic) bond motifs is 1. The van der Waals surface area contributed by atoms with Crippen LogP contribution in [0.5, 0.6) is 0 Å². The van der Waals surface area contributed by atoms with Crippen molar-refractivity contribution in [3.05, 3.63) is 82.6 Å². The Kier molecular flexibility index (Phi) is 5.43. The normalized spacial score (nSPS) is 10.8. The van der Waals surface area contributed by atoms with Crippen LogP contribution in [0.4, 0.5) is 10.1 Å². The Hall–Kier alpha value is -3.36. The van der Waals surface area contributed by atoms with Gasteiger partial charge in [-0.05, 0) is 55.5 Å². The number of aromatic nitrogens is 3. The number of amides is 1. The molecular formula is C21H15ClFN5OS. The quantitative estimate of drug-likeness (QED) is 0.455. The van der Waals surface area contributed by atoms with E-state index in [1.807, 2.05) is 31.2 Å². The highest BCUT2D eigenvalue weighted by Crippen LogP contribution is 2.27. The summed E-state index contributed by atoms with van der Waals surface area (Å²) in [5.41, 5.74) is 3.48. The van der Waals surface area contributed by atoms with Crippen LogP contribution in [0.1, 0.15) is 15.9 Å². The van der Waals surface area contributed by atoms with Crippen LogP contribution in [0.3, 0.4) is 0 Å². The third kappa shape index (κ3) is 4.14. The van der Waals surface area contributed by atoms with Gasteiger partial charge >= 0.3 is 0 Å². The van der Waals surface area contributed by atoms with Crippen molar-refractivity contribution in [1.82, 2.24) is 20.3 Å². The maximum Gasteiger partial charge on any atom is 0.260 e. The standard InChI is InChI=1S/C21H15ClFN5OS/c1-12-6-8-13(9-7-12)28-26-18-10-15(22)17(11-19(18)27-28)24-21(30)25-20(29)14-4-2-3-5-16(14)23/h2-11H,1H3,(H2,24,25,29,30). The van der Waals surface area contributed by atoms with Crippen LogP contribution < -0.4 is 10.6 Å². The van der Waals surface area contributed by atoms with Crippen LogP contribution in [-0.2, 0) is 0 Å². The Bertz CT molecular complexity index is 1270. The van der Waals surface area contributed by atoms with E-state index >= 15 is 0 Å². The Morgan fingerprint density at radius 1 is 1.07 bits per heavy atom. The summed E-state index contributed by atoms with van der Waals surface area (Å²) >= 11 is 11.5. The molecule has 0 fully saturated rings. The van der Waals surface area contributed by atoms with Crippen molar-refractivity contribution >= 4 is 51.6 Å². The second-order valence-electron chi connectivity index (χ2n) is 6.53. The number of hydrogen-bond donors (Lipinski definition) is 2. The molecule has 0 aliphatic rings. The van der Waals surface area contributed by atoms with Gasteiger partial charge in [0.1, 0.15) is 16.9 Å². The number of thiocarbonyl (C=S) groups is 1. The number of halogens is 2. The van der Waals surface area contributed by atoms with Gasteiger partial charge in [0.05, 0.1) is 22.0 Å². The molecule has 9 heteroatoms. The first-order valence-corrected chi connectivity index (χ1v) is 9.70. The van der Waals surface area contributed by atoms with Gasteiger partial charge in [-0.1, -0.05) is 41.4 Å². The van der Waals surface area contributed by atoms with Crippen molar-refractivity contribution in [3.8, 4) is 5.69 Å². The number of nitrogens with zero attached hydrogens (tertiary/aromatic N) is 3. The minimum absolute atomic E-state index is 0.0181. The lowest BCUT2D eigenvalue weighted by molar-refractivity contribution is 0.0974. The van der Waals surface area contributed by atoms with E-state index in [-0.39, 0.29) is 10.7 Å². The molecule has 1 aromatic heterocycles. The zero-order chi connectivity index (χ0) is 21.3. The van der Waals surface area contributed by atoms with Gasteiger partial charge in [-0.25, -0.2) is 4.39 Å². The van der Waals surface area contributed by atoms with Gasteiger partial charge in [-0.3, -0.25) is 10.1 Å². The van der Waals surface area contributed by atoms with Crippen molar-refractivity contribution in [2.75, 3.05) is 5.32 Å². The summed E-state index contributed by atoms with van der Waals surface area (Å²) in [6.07, 6.45) is 0. The summed E-state index contributed by atoms with van der Waals surface area (Å²) in [7, 11) is 0. The molecule has 0 spiro atoms. The molecule has 0 bridgehead atoms. The second kappa shape index (κ2) is 8.17. The fourth-order valence-corrected chi connectivity index (χ4v) is 3.20. The molecule has 4 aromatic rings. The summed E-state index contributed by atoms with van der Waals surface area (Å²) in [4.78, 5) is 13.7. The molecule has 0 radical (unpaired) electrons. The lowest BCUT2D eigenvalue weighted by Gasteiger charge is -2.11. The summed E-state index contributed by atoms with van der Waals surface area (Å²) in [6.45, 7) is 2.00. The third-order valence-electron chi connectivity index (χ3n) is 4.33. The molecule has 3 aromatic carbocycles. The highest BCUT2D eigenvalue weighted by atomic mass is 35.5. The monoisotopic (exact) mass is 439 g/mol. The van der Waals surface area contributed by atoms with E-state index in [1.54, 1.807) is 18.2 Å². The number of nitrogens with one attached hydrogen (secondary N) is 2. The molecule has 0 aliphatic heterocycles. The molecule has 4 rings (SSSR count). The largest absolute Gasteiger partial charge is 0.331 e. The fraction of sp³-hybridized carbons (Fsp3) is 0.0476. The molecule has 2 N–H and O–H groups in total. The lowest BCUT2D eigenvalue weighted by Crippen LogP contribution is -2.34. The van der Waals surface area contributed by atoms with Gasteiger partial charge in [0.25, 0.3) is 5.91 Å². The molecule has 0 unspecified atom stereocenters. The minimum atomic E-state index is -0.659. The summed E-state index contributed by atoms with van der Waals surface area (Å²) < 4.78 is 13.8. The Morgan fingerprint density at radius 2 is 1.73 bits per heavy atom. The van der Waals surface area contributed by atoms with Crippen LogP contribution in [0.15, 0.2) is 60.7 Å². The number of benzene rings is 3. The number of hydrogen-bond acceptors (Lipinski definition) is 4. The highest BCUT2D eigenvalue weighted by Gasteiger charge is 2.14. The zero-order valence-electron chi connectivity index (χ0n) is 15.7. The Balaban J connectivity index is 1.54. The van der Waals surface area contributed by atoms with E-state index in [0.717, 1.165) is 11.3 Å². The summed E-state index contributed by atoms with van der Waals surface area (Å²) in [6, 6.07) is 16.8. The maximum absolute atomic E-state index is 13.8. The molecule has 1 amide bonds.